The summed E-state index contributed by atoms with van der Waals surface area (Å²) in [5, 5.41) is 1.31. The molecular formula is C13H12Cl3N3O. The van der Waals surface area contributed by atoms with E-state index in [4.69, 9.17) is 45.4 Å². The largest absolute Gasteiger partial charge is 0.437 e. The van der Waals surface area contributed by atoms with Gasteiger partial charge >= 0.3 is 0 Å². The molecule has 0 spiro atoms. The smallest absolute Gasteiger partial charge is 0.240 e. The first-order valence-electron chi connectivity index (χ1n) is 5.69. The quantitative estimate of drug-likeness (QED) is 0.630. The van der Waals surface area contributed by atoms with Gasteiger partial charge < -0.3 is 10.2 Å². The number of halogens is 3. The maximum Gasteiger partial charge on any atom is 0.240 e. The van der Waals surface area contributed by atoms with Gasteiger partial charge in [0.2, 0.25) is 5.88 Å². The standard InChI is InChI=1S/C13H12Cl3N3O/c1-6-3-8(4-7(2)11(6)16)20-13-10(15)5-9(14)12(18-13)19-17/h3-5H,17H2,1-2H3,(H,18,19). The topological polar surface area (TPSA) is 60.2 Å². The minimum absolute atomic E-state index is 0.213. The molecule has 0 amide bonds. The van der Waals surface area contributed by atoms with Gasteiger partial charge in [0.15, 0.2) is 5.82 Å². The maximum absolute atomic E-state index is 6.11. The summed E-state index contributed by atoms with van der Waals surface area (Å²) in [5.74, 6) is 6.40. The number of hydrazine groups is 1. The van der Waals surface area contributed by atoms with Gasteiger partial charge in [0.05, 0.1) is 5.02 Å². The molecule has 1 aromatic carbocycles. The van der Waals surface area contributed by atoms with E-state index in [0.29, 0.717) is 20.8 Å². The lowest BCUT2D eigenvalue weighted by Gasteiger charge is -2.11. The molecule has 2 aromatic rings. The minimum Gasteiger partial charge on any atom is -0.437 e. The molecule has 20 heavy (non-hydrogen) atoms. The number of benzene rings is 1. The molecule has 106 valence electrons. The van der Waals surface area contributed by atoms with Crippen LogP contribution < -0.4 is 16.0 Å². The number of nitrogens with two attached hydrogens (primary N) is 1. The van der Waals surface area contributed by atoms with E-state index in [2.05, 4.69) is 10.4 Å². The van der Waals surface area contributed by atoms with Gasteiger partial charge in [0.1, 0.15) is 10.8 Å². The summed E-state index contributed by atoms with van der Waals surface area (Å²) in [6, 6.07) is 5.12. The molecule has 3 N–H and O–H groups in total. The highest BCUT2D eigenvalue weighted by molar-refractivity contribution is 6.36. The van der Waals surface area contributed by atoms with Crippen molar-refractivity contribution >= 4 is 40.6 Å². The average Bonchev–Trinajstić information content (AvgIpc) is 2.39. The van der Waals surface area contributed by atoms with Crippen LogP contribution in [0.5, 0.6) is 11.6 Å². The predicted octanol–water partition coefficient (Wildman–Crippen LogP) is 4.74. The molecule has 0 aliphatic heterocycles. The summed E-state index contributed by atoms with van der Waals surface area (Å²) in [4.78, 5) is 4.11. The van der Waals surface area contributed by atoms with Crippen molar-refractivity contribution in [1.29, 1.82) is 0 Å². The van der Waals surface area contributed by atoms with Crippen LogP contribution in [-0.4, -0.2) is 4.98 Å². The molecular weight excluding hydrogens is 321 g/mol. The van der Waals surface area contributed by atoms with Crippen molar-refractivity contribution in [3.8, 4) is 11.6 Å². The molecule has 0 atom stereocenters. The number of rotatable bonds is 3. The lowest BCUT2D eigenvalue weighted by atomic mass is 10.1. The number of nitrogens with zero attached hydrogens (tertiary/aromatic N) is 1. The van der Waals surface area contributed by atoms with Crippen molar-refractivity contribution in [3.05, 3.63) is 44.4 Å². The van der Waals surface area contributed by atoms with Gasteiger partial charge in [-0.05, 0) is 43.2 Å². The van der Waals surface area contributed by atoms with Crippen molar-refractivity contribution in [2.45, 2.75) is 13.8 Å². The van der Waals surface area contributed by atoms with Gasteiger partial charge in [-0.25, -0.2) is 5.84 Å². The first kappa shape index (κ1) is 15.2. The molecule has 1 aromatic heterocycles. The molecule has 0 unspecified atom stereocenters. The first-order chi connectivity index (χ1) is 9.42. The van der Waals surface area contributed by atoms with Crippen molar-refractivity contribution in [2.75, 3.05) is 5.43 Å². The number of nitrogens with one attached hydrogen (secondary N) is 1. The van der Waals surface area contributed by atoms with Crippen LogP contribution >= 0.6 is 34.8 Å². The molecule has 0 saturated heterocycles. The molecule has 7 heteroatoms. The maximum atomic E-state index is 6.11. The Hall–Kier alpha value is -1.20. The van der Waals surface area contributed by atoms with E-state index in [1.807, 2.05) is 13.8 Å². The molecule has 0 saturated carbocycles. The Morgan fingerprint density at radius 1 is 1.05 bits per heavy atom. The van der Waals surface area contributed by atoms with Gasteiger partial charge in [0, 0.05) is 5.02 Å². The zero-order valence-corrected chi connectivity index (χ0v) is 13.1. The number of aromatic nitrogens is 1. The fourth-order valence-electron chi connectivity index (χ4n) is 1.70. The lowest BCUT2D eigenvalue weighted by molar-refractivity contribution is 0.463. The second-order valence-electron chi connectivity index (χ2n) is 4.22. The lowest BCUT2D eigenvalue weighted by Crippen LogP contribution is -2.09. The van der Waals surface area contributed by atoms with Crippen LogP contribution in [0, 0.1) is 13.8 Å². The second kappa shape index (κ2) is 6.06. The Labute approximate surface area is 131 Å². The monoisotopic (exact) mass is 331 g/mol. The molecule has 0 radical (unpaired) electrons. The van der Waals surface area contributed by atoms with Gasteiger partial charge in [0.25, 0.3) is 0 Å². The van der Waals surface area contributed by atoms with Gasteiger partial charge in [-0.2, -0.15) is 4.98 Å². The van der Waals surface area contributed by atoms with Crippen LogP contribution in [0.1, 0.15) is 11.1 Å². The zero-order chi connectivity index (χ0) is 14.9. The molecule has 0 aliphatic rings. The Bertz CT molecular complexity index is 639. The molecule has 0 aliphatic carbocycles. The van der Waals surface area contributed by atoms with E-state index in [0.717, 1.165) is 11.1 Å². The summed E-state index contributed by atoms with van der Waals surface area (Å²) in [6.07, 6.45) is 0. The highest BCUT2D eigenvalue weighted by Crippen LogP contribution is 2.34. The summed E-state index contributed by atoms with van der Waals surface area (Å²) < 4.78 is 5.67. The van der Waals surface area contributed by atoms with Crippen LogP contribution in [0.4, 0.5) is 5.82 Å². The third kappa shape index (κ3) is 3.10. The number of pyridine rings is 1. The molecule has 4 nitrogen and oxygen atoms in total. The summed E-state index contributed by atoms with van der Waals surface area (Å²) in [5.41, 5.74) is 4.19. The predicted molar refractivity (Wildman–Crippen MR) is 83.1 cm³/mol. The van der Waals surface area contributed by atoms with Crippen molar-refractivity contribution < 1.29 is 4.74 Å². The Morgan fingerprint density at radius 3 is 2.20 bits per heavy atom. The van der Waals surface area contributed by atoms with E-state index >= 15 is 0 Å². The molecule has 2 rings (SSSR count). The van der Waals surface area contributed by atoms with Gasteiger partial charge in [-0.1, -0.05) is 34.8 Å². The van der Waals surface area contributed by atoms with E-state index in [1.54, 1.807) is 12.1 Å². The van der Waals surface area contributed by atoms with Crippen LogP contribution in [0.25, 0.3) is 0 Å². The van der Waals surface area contributed by atoms with Crippen LogP contribution in [0.2, 0.25) is 15.1 Å². The van der Waals surface area contributed by atoms with Crippen molar-refractivity contribution in [1.82, 2.24) is 4.98 Å². The normalized spacial score (nSPS) is 10.5. The summed E-state index contributed by atoms with van der Waals surface area (Å²) >= 11 is 18.1. The Balaban J connectivity index is 2.39. The third-order valence-corrected chi connectivity index (χ3v) is 3.81. The van der Waals surface area contributed by atoms with E-state index < -0.39 is 0 Å². The number of ether oxygens (including phenoxy) is 1. The Morgan fingerprint density at radius 2 is 1.65 bits per heavy atom. The number of anilines is 1. The SMILES string of the molecule is Cc1cc(Oc2nc(NN)c(Cl)cc2Cl)cc(C)c1Cl. The fraction of sp³-hybridized carbons (Fsp3) is 0.154. The van der Waals surface area contributed by atoms with Crippen LogP contribution in [-0.2, 0) is 0 Å². The van der Waals surface area contributed by atoms with Gasteiger partial charge in [-0.3, -0.25) is 0 Å². The highest BCUT2D eigenvalue weighted by Gasteiger charge is 2.12. The van der Waals surface area contributed by atoms with E-state index in [1.165, 1.54) is 6.07 Å². The van der Waals surface area contributed by atoms with Crippen molar-refractivity contribution in [3.63, 3.8) is 0 Å². The minimum atomic E-state index is 0.213. The Kier molecular flexibility index (Phi) is 4.60. The number of aryl methyl sites for hydroxylation is 2. The summed E-state index contributed by atoms with van der Waals surface area (Å²) in [6.45, 7) is 3.79. The molecule has 0 bridgehead atoms. The fourth-order valence-corrected chi connectivity index (χ4v) is 2.26. The first-order valence-corrected chi connectivity index (χ1v) is 6.83. The number of hydrogen-bond donors (Lipinski definition) is 2. The zero-order valence-electron chi connectivity index (χ0n) is 10.8. The number of hydrogen-bond acceptors (Lipinski definition) is 4. The average molecular weight is 333 g/mol. The molecule has 1 heterocycles. The van der Waals surface area contributed by atoms with E-state index in [-0.39, 0.29) is 11.7 Å². The second-order valence-corrected chi connectivity index (χ2v) is 5.42. The van der Waals surface area contributed by atoms with E-state index in [9.17, 15) is 0 Å². The number of nitrogen functional groups attached to an aromatic ring is 1. The van der Waals surface area contributed by atoms with Crippen molar-refractivity contribution in [2.24, 2.45) is 5.84 Å². The van der Waals surface area contributed by atoms with Crippen LogP contribution in [0.15, 0.2) is 18.2 Å². The molecule has 0 fully saturated rings. The van der Waals surface area contributed by atoms with Gasteiger partial charge in [-0.15, -0.1) is 0 Å². The summed E-state index contributed by atoms with van der Waals surface area (Å²) in [7, 11) is 0. The van der Waals surface area contributed by atoms with Crippen LogP contribution in [0.3, 0.4) is 0 Å². The highest BCUT2D eigenvalue weighted by atomic mass is 35.5. The third-order valence-electron chi connectivity index (χ3n) is 2.66.